The maximum atomic E-state index is 11.0. The van der Waals surface area contributed by atoms with Crippen LogP contribution in [-0.4, -0.2) is 16.9 Å². The third-order valence-electron chi connectivity index (χ3n) is 5.01. The van der Waals surface area contributed by atoms with E-state index >= 15 is 0 Å². The van der Waals surface area contributed by atoms with Gasteiger partial charge in [-0.15, -0.1) is 0 Å². The molecule has 2 atom stereocenters. The van der Waals surface area contributed by atoms with Crippen LogP contribution in [0.15, 0.2) is 60.7 Å². The molecule has 3 heteroatoms. The zero-order valence-electron chi connectivity index (χ0n) is 17.4. The number of carbonyl (C=O) groups is 2. The summed E-state index contributed by atoms with van der Waals surface area (Å²) in [6.45, 7) is 5.44. The van der Waals surface area contributed by atoms with Gasteiger partial charge in [-0.05, 0) is 56.6 Å². The molecule has 0 aromatic heterocycles. The summed E-state index contributed by atoms with van der Waals surface area (Å²) in [5, 5.41) is 8.68. The number of hydrogen-bond donors (Lipinski definition) is 1. The van der Waals surface area contributed by atoms with Crippen molar-refractivity contribution in [3.8, 4) is 0 Å². The molecule has 2 aromatic carbocycles. The second-order valence-electron chi connectivity index (χ2n) is 7.51. The number of benzene rings is 2. The van der Waals surface area contributed by atoms with Crippen LogP contribution in [-0.2, 0) is 22.4 Å². The molecule has 152 valence electrons. The van der Waals surface area contributed by atoms with E-state index in [0.717, 1.165) is 38.5 Å². The molecule has 0 amide bonds. The van der Waals surface area contributed by atoms with Crippen molar-refractivity contribution in [2.45, 2.75) is 59.3 Å². The number of aliphatic carboxylic acids is 1. The van der Waals surface area contributed by atoms with E-state index in [2.05, 4.69) is 36.4 Å². The van der Waals surface area contributed by atoms with E-state index in [1.165, 1.54) is 11.1 Å². The molecule has 0 fully saturated rings. The van der Waals surface area contributed by atoms with Crippen molar-refractivity contribution in [2.75, 3.05) is 0 Å². The Bertz CT molecular complexity index is 618. The fourth-order valence-electron chi connectivity index (χ4n) is 2.84. The number of ketones is 1. The molecule has 1 N–H and O–H groups in total. The van der Waals surface area contributed by atoms with Crippen molar-refractivity contribution in [1.29, 1.82) is 0 Å². The lowest BCUT2D eigenvalue weighted by Crippen LogP contribution is -2.09. The van der Waals surface area contributed by atoms with Gasteiger partial charge in [0, 0.05) is 5.92 Å². The van der Waals surface area contributed by atoms with Gasteiger partial charge in [0.2, 0.25) is 0 Å². The summed E-state index contributed by atoms with van der Waals surface area (Å²) in [6.07, 6.45) is 5.85. The summed E-state index contributed by atoms with van der Waals surface area (Å²) in [7, 11) is 0. The molecule has 0 aliphatic rings. The minimum absolute atomic E-state index is 0.221. The average molecular weight is 383 g/mol. The predicted molar refractivity (Wildman–Crippen MR) is 115 cm³/mol. The monoisotopic (exact) mass is 382 g/mol. The van der Waals surface area contributed by atoms with Crippen LogP contribution in [0.3, 0.4) is 0 Å². The van der Waals surface area contributed by atoms with Crippen LogP contribution in [0.1, 0.15) is 57.6 Å². The van der Waals surface area contributed by atoms with Gasteiger partial charge in [-0.1, -0.05) is 74.5 Å². The zero-order valence-corrected chi connectivity index (χ0v) is 17.4. The molecule has 0 saturated carbocycles. The molecule has 0 aliphatic heterocycles. The van der Waals surface area contributed by atoms with Gasteiger partial charge in [0.25, 0.3) is 0 Å². The smallest absolute Gasteiger partial charge is 0.306 e. The highest BCUT2D eigenvalue weighted by Gasteiger charge is 2.09. The normalized spacial score (nSPS) is 12.4. The molecular formula is C25H34O3. The molecule has 28 heavy (non-hydrogen) atoms. The highest BCUT2D eigenvalue weighted by atomic mass is 16.4. The fourth-order valence-corrected chi connectivity index (χ4v) is 2.84. The predicted octanol–water partition coefficient (Wildman–Crippen LogP) is 5.96. The highest BCUT2D eigenvalue weighted by Crippen LogP contribution is 2.11. The summed E-state index contributed by atoms with van der Waals surface area (Å²) in [6, 6.07) is 20.6. The summed E-state index contributed by atoms with van der Waals surface area (Å²) >= 11 is 0. The molecule has 2 aromatic rings. The lowest BCUT2D eigenvalue weighted by Gasteiger charge is -2.06. The van der Waals surface area contributed by atoms with Gasteiger partial charge in [-0.25, -0.2) is 0 Å². The van der Waals surface area contributed by atoms with E-state index in [-0.39, 0.29) is 11.8 Å². The van der Waals surface area contributed by atoms with Gasteiger partial charge in [0.1, 0.15) is 5.78 Å². The third-order valence-corrected chi connectivity index (χ3v) is 5.01. The molecule has 0 spiro atoms. The lowest BCUT2D eigenvalue weighted by molar-refractivity contribution is -0.141. The van der Waals surface area contributed by atoms with Gasteiger partial charge < -0.3 is 5.11 Å². The first-order chi connectivity index (χ1) is 13.4. The Morgan fingerprint density at radius 1 is 0.750 bits per heavy atom. The summed E-state index contributed by atoms with van der Waals surface area (Å²) in [5.41, 5.74) is 2.65. The van der Waals surface area contributed by atoms with Crippen LogP contribution in [0.5, 0.6) is 0 Å². The third kappa shape index (κ3) is 10.7. The molecule has 0 unspecified atom stereocenters. The van der Waals surface area contributed by atoms with Gasteiger partial charge >= 0.3 is 5.97 Å². The van der Waals surface area contributed by atoms with Crippen molar-refractivity contribution in [3.05, 3.63) is 71.8 Å². The average Bonchev–Trinajstić information content (AvgIpc) is 2.70. The molecule has 0 saturated heterocycles. The lowest BCUT2D eigenvalue weighted by atomic mass is 9.98. The van der Waals surface area contributed by atoms with Crippen LogP contribution in [0, 0.1) is 11.8 Å². The summed E-state index contributed by atoms with van der Waals surface area (Å²) in [5.74, 6) is -0.395. The Morgan fingerprint density at radius 2 is 1.14 bits per heavy atom. The molecule has 0 bridgehead atoms. The largest absolute Gasteiger partial charge is 0.481 e. The van der Waals surface area contributed by atoms with E-state index in [1.54, 1.807) is 13.8 Å². The van der Waals surface area contributed by atoms with E-state index in [9.17, 15) is 9.59 Å². The number of carboxylic acid groups (broad SMARTS) is 1. The number of aryl methyl sites for hydroxylation is 2. The maximum absolute atomic E-state index is 11.0. The summed E-state index contributed by atoms with van der Waals surface area (Å²) < 4.78 is 0. The van der Waals surface area contributed by atoms with Crippen molar-refractivity contribution in [2.24, 2.45) is 11.8 Å². The van der Waals surface area contributed by atoms with Crippen LogP contribution >= 0.6 is 0 Å². The van der Waals surface area contributed by atoms with Gasteiger partial charge in [-0.2, -0.15) is 0 Å². The van der Waals surface area contributed by atoms with Crippen LogP contribution in [0.2, 0.25) is 0 Å². The first-order valence-corrected chi connectivity index (χ1v) is 10.2. The first kappa shape index (κ1) is 23.6. The molecule has 0 radical (unpaired) electrons. The van der Waals surface area contributed by atoms with Crippen molar-refractivity contribution in [3.63, 3.8) is 0 Å². The number of hydrogen-bond acceptors (Lipinski definition) is 2. The Hall–Kier alpha value is -2.42. The number of rotatable bonds is 10. The zero-order chi connectivity index (χ0) is 20.8. The maximum Gasteiger partial charge on any atom is 0.306 e. The second-order valence-corrected chi connectivity index (χ2v) is 7.51. The Morgan fingerprint density at radius 3 is 1.50 bits per heavy atom. The Balaban J connectivity index is 0.000000280. The summed E-state index contributed by atoms with van der Waals surface area (Å²) in [4.78, 5) is 21.5. The second kappa shape index (κ2) is 13.7. The topological polar surface area (TPSA) is 54.4 Å². The van der Waals surface area contributed by atoms with Crippen LogP contribution in [0.25, 0.3) is 0 Å². The SMILES string of the molecule is CC(=O)[C@H](C)CCCc1ccccc1.C[C@H](CCCc1ccccc1)C(=O)O. The minimum atomic E-state index is -0.696. The number of carboxylic acids is 1. The Labute approximate surface area is 169 Å². The van der Waals surface area contributed by atoms with Crippen LogP contribution in [0.4, 0.5) is 0 Å². The van der Waals surface area contributed by atoms with Gasteiger partial charge in [0.15, 0.2) is 0 Å². The van der Waals surface area contributed by atoms with Gasteiger partial charge in [0.05, 0.1) is 5.92 Å². The number of Topliss-reactive ketones (excluding diaryl/α,β-unsaturated/α-hetero) is 1. The molecule has 0 heterocycles. The first-order valence-electron chi connectivity index (χ1n) is 10.2. The van der Waals surface area contributed by atoms with E-state index < -0.39 is 5.97 Å². The molecular weight excluding hydrogens is 348 g/mol. The quantitative estimate of drug-likeness (QED) is 0.551. The highest BCUT2D eigenvalue weighted by molar-refractivity contribution is 5.77. The van der Waals surface area contributed by atoms with E-state index in [0.29, 0.717) is 5.78 Å². The van der Waals surface area contributed by atoms with Gasteiger partial charge in [-0.3, -0.25) is 9.59 Å². The molecule has 2 rings (SSSR count). The molecule has 3 nitrogen and oxygen atoms in total. The standard InChI is InChI=1S/C13H18O.C12H16O2/c1-11(12(2)14)7-6-10-13-8-4-3-5-9-13;1-10(12(13)14)6-5-9-11-7-3-2-4-8-11/h3-5,8-9,11H,6-7,10H2,1-2H3;2-4,7-8,10H,5-6,9H2,1H3,(H,13,14)/t11-;10-/m11/s1. The van der Waals surface area contributed by atoms with Crippen molar-refractivity contribution in [1.82, 2.24) is 0 Å². The van der Waals surface area contributed by atoms with Crippen molar-refractivity contribution < 1.29 is 14.7 Å². The van der Waals surface area contributed by atoms with Crippen molar-refractivity contribution >= 4 is 11.8 Å². The number of carbonyl (C=O) groups excluding carboxylic acids is 1. The molecule has 0 aliphatic carbocycles. The Kier molecular flexibility index (Phi) is 11.6. The van der Waals surface area contributed by atoms with E-state index in [1.807, 2.05) is 31.2 Å². The van der Waals surface area contributed by atoms with E-state index in [4.69, 9.17) is 5.11 Å². The van der Waals surface area contributed by atoms with Crippen LogP contribution < -0.4 is 0 Å². The minimum Gasteiger partial charge on any atom is -0.481 e. The fraction of sp³-hybridized carbons (Fsp3) is 0.440.